The van der Waals surface area contributed by atoms with E-state index in [1.54, 1.807) is 0 Å². The number of amides is 1. The number of carbonyl (C=O) groups excluding carboxylic acids is 1. The minimum absolute atomic E-state index is 0.105. The molecule has 0 saturated heterocycles. The van der Waals surface area contributed by atoms with E-state index in [4.69, 9.17) is 4.74 Å². The smallest absolute Gasteiger partial charge is 0.322 e. The van der Waals surface area contributed by atoms with Crippen LogP contribution in [0.5, 0.6) is 6.01 Å². The molecule has 1 rings (SSSR count). The average molecular weight is 268 g/mol. The van der Waals surface area contributed by atoms with E-state index in [1.165, 1.54) is 7.11 Å². The second-order valence-corrected chi connectivity index (χ2v) is 3.70. The van der Waals surface area contributed by atoms with Crippen LogP contribution < -0.4 is 20.7 Å². The van der Waals surface area contributed by atoms with Gasteiger partial charge in [-0.15, -0.1) is 0 Å². The number of carbonyl (C=O) groups is 1. The third-order valence-corrected chi connectivity index (χ3v) is 2.11. The van der Waals surface area contributed by atoms with Crippen molar-refractivity contribution in [2.24, 2.45) is 0 Å². The summed E-state index contributed by atoms with van der Waals surface area (Å²) in [4.78, 5) is 23.6. The van der Waals surface area contributed by atoms with Crippen molar-refractivity contribution in [2.45, 2.75) is 20.3 Å². The van der Waals surface area contributed by atoms with E-state index < -0.39 is 0 Å². The molecular formula is C11H20N6O2. The summed E-state index contributed by atoms with van der Waals surface area (Å²) in [6, 6.07) is 0.201. The molecule has 0 aliphatic carbocycles. The van der Waals surface area contributed by atoms with E-state index in [9.17, 15) is 4.79 Å². The van der Waals surface area contributed by atoms with Crippen LogP contribution in [-0.2, 0) is 4.79 Å². The third kappa shape index (κ3) is 5.36. The van der Waals surface area contributed by atoms with Gasteiger partial charge in [0.15, 0.2) is 0 Å². The van der Waals surface area contributed by atoms with Crippen molar-refractivity contribution in [2.75, 3.05) is 37.4 Å². The SMILES string of the molecule is CCCNc1nc(NCC(=O)NCC)nc(OC)n1. The monoisotopic (exact) mass is 268 g/mol. The Kier molecular flexibility index (Phi) is 6.34. The van der Waals surface area contributed by atoms with E-state index in [0.29, 0.717) is 18.4 Å². The maximum absolute atomic E-state index is 11.3. The molecule has 0 fully saturated rings. The van der Waals surface area contributed by atoms with Gasteiger partial charge < -0.3 is 20.7 Å². The van der Waals surface area contributed by atoms with Crippen molar-refractivity contribution >= 4 is 17.8 Å². The van der Waals surface area contributed by atoms with E-state index in [1.807, 2.05) is 13.8 Å². The van der Waals surface area contributed by atoms with Gasteiger partial charge in [-0.1, -0.05) is 6.92 Å². The van der Waals surface area contributed by atoms with E-state index in [-0.39, 0.29) is 18.5 Å². The first-order valence-electron chi connectivity index (χ1n) is 6.24. The van der Waals surface area contributed by atoms with Crippen LogP contribution >= 0.6 is 0 Å². The van der Waals surface area contributed by atoms with Crippen LogP contribution in [0.2, 0.25) is 0 Å². The minimum Gasteiger partial charge on any atom is -0.467 e. The Bertz CT molecular complexity index is 412. The zero-order valence-electron chi connectivity index (χ0n) is 11.5. The molecule has 3 N–H and O–H groups in total. The van der Waals surface area contributed by atoms with E-state index >= 15 is 0 Å². The number of methoxy groups -OCH3 is 1. The second-order valence-electron chi connectivity index (χ2n) is 3.70. The zero-order valence-corrected chi connectivity index (χ0v) is 11.5. The van der Waals surface area contributed by atoms with Gasteiger partial charge in [-0.25, -0.2) is 0 Å². The quantitative estimate of drug-likeness (QED) is 0.621. The Labute approximate surface area is 112 Å². The molecule has 0 aromatic carbocycles. The van der Waals surface area contributed by atoms with Crippen molar-refractivity contribution in [3.05, 3.63) is 0 Å². The number of nitrogens with one attached hydrogen (secondary N) is 3. The summed E-state index contributed by atoms with van der Waals surface area (Å²) in [5, 5.41) is 8.54. The molecular weight excluding hydrogens is 248 g/mol. The first kappa shape index (κ1) is 14.9. The van der Waals surface area contributed by atoms with Gasteiger partial charge in [0.1, 0.15) is 0 Å². The summed E-state index contributed by atoms with van der Waals surface area (Å²) in [7, 11) is 1.48. The van der Waals surface area contributed by atoms with Crippen LogP contribution in [0.1, 0.15) is 20.3 Å². The van der Waals surface area contributed by atoms with E-state index in [0.717, 1.165) is 13.0 Å². The van der Waals surface area contributed by atoms with Crippen LogP contribution in [0.25, 0.3) is 0 Å². The molecule has 19 heavy (non-hydrogen) atoms. The predicted octanol–water partition coefficient (Wildman–Crippen LogP) is 0.250. The Hall–Kier alpha value is -2.12. The maximum atomic E-state index is 11.3. The molecule has 0 bridgehead atoms. The van der Waals surface area contributed by atoms with Gasteiger partial charge in [-0.2, -0.15) is 15.0 Å². The van der Waals surface area contributed by atoms with Crippen LogP contribution in [-0.4, -0.2) is 47.6 Å². The lowest BCUT2D eigenvalue weighted by atomic mass is 10.5. The maximum Gasteiger partial charge on any atom is 0.322 e. The highest BCUT2D eigenvalue weighted by molar-refractivity contribution is 5.80. The van der Waals surface area contributed by atoms with Crippen molar-refractivity contribution in [3.63, 3.8) is 0 Å². The lowest BCUT2D eigenvalue weighted by molar-refractivity contribution is -0.119. The number of hydrogen-bond acceptors (Lipinski definition) is 7. The molecule has 0 spiro atoms. The number of rotatable bonds is 8. The Balaban J connectivity index is 2.67. The number of ether oxygens (including phenoxy) is 1. The van der Waals surface area contributed by atoms with Crippen LogP contribution in [0.3, 0.4) is 0 Å². The standard InChI is InChI=1S/C11H20N6O2/c1-4-6-13-9-15-10(17-11(16-9)19-3)14-7-8(18)12-5-2/h4-7H2,1-3H3,(H,12,18)(H2,13,14,15,16,17). The Morgan fingerprint density at radius 2 is 1.84 bits per heavy atom. The highest BCUT2D eigenvalue weighted by Gasteiger charge is 2.07. The first-order valence-corrected chi connectivity index (χ1v) is 6.24. The lowest BCUT2D eigenvalue weighted by Crippen LogP contribution is -2.30. The van der Waals surface area contributed by atoms with Gasteiger partial charge in [-0.05, 0) is 13.3 Å². The molecule has 0 unspecified atom stereocenters. The molecule has 106 valence electrons. The summed E-state index contributed by atoms with van der Waals surface area (Å²) in [6.07, 6.45) is 0.954. The fourth-order valence-corrected chi connectivity index (χ4v) is 1.26. The number of hydrogen-bond donors (Lipinski definition) is 3. The average Bonchev–Trinajstić information content (AvgIpc) is 2.43. The molecule has 1 heterocycles. The lowest BCUT2D eigenvalue weighted by Gasteiger charge is -2.08. The predicted molar refractivity (Wildman–Crippen MR) is 72.3 cm³/mol. The molecule has 8 heteroatoms. The second kappa shape index (κ2) is 8.06. The van der Waals surface area contributed by atoms with Gasteiger partial charge in [0.2, 0.25) is 17.8 Å². The van der Waals surface area contributed by atoms with Crippen LogP contribution in [0.15, 0.2) is 0 Å². The molecule has 0 aliphatic rings. The fraction of sp³-hybridized carbons (Fsp3) is 0.636. The summed E-state index contributed by atoms with van der Waals surface area (Å²) < 4.78 is 4.99. The van der Waals surface area contributed by atoms with Gasteiger partial charge in [0.25, 0.3) is 0 Å². The zero-order chi connectivity index (χ0) is 14.1. The molecule has 1 amide bonds. The molecule has 0 saturated carbocycles. The Morgan fingerprint density at radius 3 is 2.42 bits per heavy atom. The normalized spacial score (nSPS) is 9.84. The molecule has 8 nitrogen and oxygen atoms in total. The van der Waals surface area contributed by atoms with Gasteiger partial charge in [-0.3, -0.25) is 4.79 Å². The number of likely N-dealkylation sites (N-methyl/N-ethyl adjacent to an activating group) is 1. The highest BCUT2D eigenvalue weighted by atomic mass is 16.5. The van der Waals surface area contributed by atoms with Crippen molar-refractivity contribution < 1.29 is 9.53 Å². The largest absolute Gasteiger partial charge is 0.467 e. The number of aromatic nitrogens is 3. The number of anilines is 2. The summed E-state index contributed by atoms with van der Waals surface area (Å²) in [5.41, 5.74) is 0. The van der Waals surface area contributed by atoms with Crippen LogP contribution in [0, 0.1) is 0 Å². The molecule has 1 aromatic rings. The fourth-order valence-electron chi connectivity index (χ4n) is 1.26. The first-order chi connectivity index (χ1) is 9.19. The minimum atomic E-state index is -0.120. The third-order valence-electron chi connectivity index (χ3n) is 2.11. The summed E-state index contributed by atoms with van der Waals surface area (Å²) in [5.74, 6) is 0.605. The van der Waals surface area contributed by atoms with Crippen molar-refractivity contribution in [1.29, 1.82) is 0 Å². The highest BCUT2D eigenvalue weighted by Crippen LogP contribution is 2.10. The van der Waals surface area contributed by atoms with E-state index in [2.05, 4.69) is 30.9 Å². The summed E-state index contributed by atoms with van der Waals surface area (Å²) >= 11 is 0. The molecule has 0 atom stereocenters. The van der Waals surface area contributed by atoms with Crippen molar-refractivity contribution in [1.82, 2.24) is 20.3 Å². The van der Waals surface area contributed by atoms with Gasteiger partial charge in [0, 0.05) is 13.1 Å². The molecule has 0 radical (unpaired) electrons. The van der Waals surface area contributed by atoms with Crippen molar-refractivity contribution in [3.8, 4) is 6.01 Å². The Morgan fingerprint density at radius 1 is 1.16 bits per heavy atom. The van der Waals surface area contributed by atoms with Crippen LogP contribution in [0.4, 0.5) is 11.9 Å². The number of nitrogens with zero attached hydrogens (tertiary/aromatic N) is 3. The van der Waals surface area contributed by atoms with Gasteiger partial charge in [0.05, 0.1) is 13.7 Å². The van der Waals surface area contributed by atoms with Gasteiger partial charge >= 0.3 is 6.01 Å². The molecule has 0 aliphatic heterocycles. The molecule has 1 aromatic heterocycles. The summed E-state index contributed by atoms with van der Waals surface area (Å²) in [6.45, 7) is 5.35. The topological polar surface area (TPSA) is 101 Å².